The summed E-state index contributed by atoms with van der Waals surface area (Å²) in [6.45, 7) is 10.6. The quantitative estimate of drug-likeness (QED) is 0.446. The summed E-state index contributed by atoms with van der Waals surface area (Å²) in [5.41, 5.74) is 2.12. The molecular weight excluding hydrogens is 470 g/mol. The van der Waals surface area contributed by atoms with Gasteiger partial charge in [-0.05, 0) is 48.9 Å². The van der Waals surface area contributed by atoms with Gasteiger partial charge < -0.3 is 14.5 Å². The molecule has 2 aliphatic rings. The third-order valence-corrected chi connectivity index (χ3v) is 7.06. The molecule has 1 N–H and O–H groups in total. The van der Waals surface area contributed by atoms with E-state index in [0.29, 0.717) is 28.4 Å². The van der Waals surface area contributed by atoms with Crippen molar-refractivity contribution in [1.82, 2.24) is 35.0 Å². The van der Waals surface area contributed by atoms with Gasteiger partial charge in [0.2, 0.25) is 6.79 Å². The van der Waals surface area contributed by atoms with Gasteiger partial charge in [0.1, 0.15) is 6.04 Å². The summed E-state index contributed by atoms with van der Waals surface area (Å²) < 4.78 is 12.9. The van der Waals surface area contributed by atoms with Crippen LogP contribution in [0.2, 0.25) is 0 Å². The summed E-state index contributed by atoms with van der Waals surface area (Å²) in [5.74, 6) is 1.98. The average Bonchev–Trinajstić information content (AvgIpc) is 3.54. The molecule has 4 heterocycles. The number of hydrogen-bond acceptors (Lipinski definition) is 8. The fourth-order valence-corrected chi connectivity index (χ4v) is 5.18. The zero-order chi connectivity index (χ0) is 25.6. The van der Waals surface area contributed by atoms with Gasteiger partial charge in [0.25, 0.3) is 5.56 Å². The predicted molar refractivity (Wildman–Crippen MR) is 139 cm³/mol. The minimum absolute atomic E-state index is 0.161. The summed E-state index contributed by atoms with van der Waals surface area (Å²) in [6, 6.07) is 15.8. The maximum atomic E-state index is 13.5. The summed E-state index contributed by atoms with van der Waals surface area (Å²) >= 11 is 0. The van der Waals surface area contributed by atoms with E-state index in [1.165, 1.54) is 5.56 Å². The van der Waals surface area contributed by atoms with E-state index in [4.69, 9.17) is 9.47 Å². The van der Waals surface area contributed by atoms with Gasteiger partial charge in [0.15, 0.2) is 17.3 Å². The van der Waals surface area contributed by atoms with Crippen LogP contribution in [0, 0.1) is 0 Å². The van der Waals surface area contributed by atoms with Crippen LogP contribution in [0.1, 0.15) is 43.8 Å². The van der Waals surface area contributed by atoms with Crippen LogP contribution in [0.4, 0.5) is 0 Å². The van der Waals surface area contributed by atoms with Gasteiger partial charge in [-0.1, -0.05) is 30.3 Å². The smallest absolute Gasteiger partial charge is 0.253 e. The van der Waals surface area contributed by atoms with Crippen LogP contribution in [0.25, 0.3) is 10.9 Å². The zero-order valence-electron chi connectivity index (χ0n) is 21.3. The minimum Gasteiger partial charge on any atom is -0.454 e. The van der Waals surface area contributed by atoms with Gasteiger partial charge in [-0.2, -0.15) is 0 Å². The van der Waals surface area contributed by atoms with Crippen molar-refractivity contribution in [1.29, 1.82) is 0 Å². The van der Waals surface area contributed by atoms with Crippen molar-refractivity contribution < 1.29 is 9.47 Å². The number of ether oxygens (including phenoxy) is 2. The van der Waals surface area contributed by atoms with Crippen LogP contribution in [0.15, 0.2) is 53.3 Å². The highest BCUT2D eigenvalue weighted by Gasteiger charge is 2.35. The molecule has 37 heavy (non-hydrogen) atoms. The average molecular weight is 502 g/mol. The number of fused-ring (bicyclic) bond motifs is 2. The molecule has 0 amide bonds. The van der Waals surface area contributed by atoms with E-state index in [-0.39, 0.29) is 17.9 Å². The molecule has 0 radical (unpaired) electrons. The number of piperazine rings is 1. The third kappa shape index (κ3) is 4.58. The summed E-state index contributed by atoms with van der Waals surface area (Å²) in [7, 11) is 0. The lowest BCUT2D eigenvalue weighted by Gasteiger charge is -2.39. The number of hydrogen-bond donors (Lipinski definition) is 1. The van der Waals surface area contributed by atoms with Gasteiger partial charge in [-0.3, -0.25) is 14.6 Å². The summed E-state index contributed by atoms with van der Waals surface area (Å²) in [4.78, 5) is 21.4. The third-order valence-electron chi connectivity index (χ3n) is 7.06. The van der Waals surface area contributed by atoms with Crippen LogP contribution in [0.5, 0.6) is 11.5 Å². The Kier molecular flexibility index (Phi) is 5.92. The Morgan fingerprint density at radius 3 is 2.46 bits per heavy atom. The van der Waals surface area contributed by atoms with Gasteiger partial charge in [0.05, 0.1) is 11.1 Å². The van der Waals surface area contributed by atoms with Gasteiger partial charge in [0, 0.05) is 49.7 Å². The highest BCUT2D eigenvalue weighted by atomic mass is 16.7. The van der Waals surface area contributed by atoms with E-state index in [1.807, 2.05) is 28.9 Å². The van der Waals surface area contributed by atoms with E-state index in [9.17, 15) is 4.79 Å². The van der Waals surface area contributed by atoms with Gasteiger partial charge in [-0.15, -0.1) is 5.10 Å². The number of aromatic nitrogens is 5. The van der Waals surface area contributed by atoms with Crippen LogP contribution < -0.4 is 15.0 Å². The maximum absolute atomic E-state index is 13.5. The molecule has 0 saturated carbocycles. The minimum atomic E-state index is -0.397. The second-order valence-electron chi connectivity index (χ2n) is 10.7. The van der Waals surface area contributed by atoms with Crippen LogP contribution in [0.3, 0.4) is 0 Å². The second-order valence-corrected chi connectivity index (χ2v) is 10.7. The lowest BCUT2D eigenvalue weighted by atomic mass is 10.0. The SMILES string of the molecule is CC(C)(C)n1nnnc1[C@@H](c1cc2cc3c(cc2[nH]c1=O)OCO3)N1CCN(Cc2ccccc2)CC1. The maximum Gasteiger partial charge on any atom is 0.253 e. The van der Waals surface area contributed by atoms with E-state index in [0.717, 1.165) is 38.1 Å². The van der Waals surface area contributed by atoms with E-state index < -0.39 is 6.04 Å². The van der Waals surface area contributed by atoms with Crippen LogP contribution in [-0.2, 0) is 12.1 Å². The van der Waals surface area contributed by atoms with Gasteiger partial charge >= 0.3 is 0 Å². The van der Waals surface area contributed by atoms with Crippen LogP contribution >= 0.6 is 0 Å². The number of nitrogens with zero attached hydrogens (tertiary/aromatic N) is 6. The van der Waals surface area contributed by atoms with Crippen molar-refractivity contribution in [2.24, 2.45) is 0 Å². The first kappa shape index (κ1) is 23.6. The Bertz CT molecular complexity index is 1470. The molecule has 2 aromatic carbocycles. The fourth-order valence-electron chi connectivity index (χ4n) is 5.18. The summed E-state index contributed by atoms with van der Waals surface area (Å²) in [5, 5.41) is 13.7. The van der Waals surface area contributed by atoms with Crippen molar-refractivity contribution in [3.63, 3.8) is 0 Å². The molecule has 192 valence electrons. The molecule has 1 saturated heterocycles. The molecule has 1 fully saturated rings. The molecule has 10 nitrogen and oxygen atoms in total. The molecule has 10 heteroatoms. The number of H-pyrrole nitrogens is 1. The zero-order valence-corrected chi connectivity index (χ0v) is 21.3. The topological polar surface area (TPSA) is 101 Å². The number of aromatic amines is 1. The molecule has 1 atom stereocenters. The number of pyridine rings is 1. The lowest BCUT2D eigenvalue weighted by molar-refractivity contribution is 0.0975. The molecule has 0 aliphatic carbocycles. The van der Waals surface area contributed by atoms with Crippen molar-refractivity contribution >= 4 is 10.9 Å². The molecule has 4 aromatic rings. The van der Waals surface area contributed by atoms with E-state index in [2.05, 4.69) is 75.3 Å². The largest absolute Gasteiger partial charge is 0.454 e. The van der Waals surface area contributed by atoms with Crippen molar-refractivity contribution in [2.45, 2.75) is 38.9 Å². The predicted octanol–water partition coefficient (Wildman–Crippen LogP) is 2.91. The normalized spacial score (nSPS) is 17.4. The monoisotopic (exact) mass is 501 g/mol. The molecule has 2 aromatic heterocycles. The first-order valence-corrected chi connectivity index (χ1v) is 12.6. The van der Waals surface area contributed by atoms with E-state index in [1.54, 1.807) is 0 Å². The number of benzene rings is 2. The Balaban J connectivity index is 1.37. The molecule has 0 unspecified atom stereocenters. The summed E-state index contributed by atoms with van der Waals surface area (Å²) in [6.07, 6.45) is 0. The van der Waals surface area contributed by atoms with Crippen molar-refractivity contribution in [2.75, 3.05) is 33.0 Å². The van der Waals surface area contributed by atoms with E-state index >= 15 is 0 Å². The fraction of sp³-hybridized carbons (Fsp3) is 0.407. The Morgan fingerprint density at radius 1 is 1.00 bits per heavy atom. The second kappa shape index (κ2) is 9.28. The van der Waals surface area contributed by atoms with Crippen molar-refractivity contribution in [3.8, 4) is 11.5 Å². The highest BCUT2D eigenvalue weighted by molar-refractivity contribution is 5.83. The molecular formula is C27H31N7O3. The molecule has 2 aliphatic heterocycles. The lowest BCUT2D eigenvalue weighted by Crippen LogP contribution is -2.49. The highest BCUT2D eigenvalue weighted by Crippen LogP contribution is 2.36. The van der Waals surface area contributed by atoms with Crippen LogP contribution in [-0.4, -0.2) is 68.0 Å². The molecule has 6 rings (SSSR count). The first-order valence-electron chi connectivity index (χ1n) is 12.6. The Hall–Kier alpha value is -3.76. The standard InChI is InChI=1S/C27H31N7O3/c1-27(2,3)34-25(29-30-31-34)24(33-11-9-32(10-12-33)16-18-7-5-4-6-8-18)20-13-19-14-22-23(37-17-36-22)15-21(19)28-26(20)35/h4-8,13-15,24H,9-12,16-17H2,1-3H3,(H,28,35)/t24-/m1/s1. The molecule has 0 bridgehead atoms. The Morgan fingerprint density at radius 2 is 1.73 bits per heavy atom. The van der Waals surface area contributed by atoms with Gasteiger partial charge in [-0.25, -0.2) is 4.68 Å². The van der Waals surface area contributed by atoms with Crippen molar-refractivity contribution in [3.05, 3.63) is 75.8 Å². The number of tetrazole rings is 1. The Labute approximate surface area is 214 Å². The number of rotatable bonds is 5. The molecule has 0 spiro atoms. The first-order chi connectivity index (χ1) is 17.9. The number of nitrogens with one attached hydrogen (secondary N) is 1.